The maximum absolute atomic E-state index is 5.49. The predicted octanol–water partition coefficient (Wildman–Crippen LogP) is 4.33. The number of benzene rings is 1. The van der Waals surface area contributed by atoms with E-state index in [1.165, 1.54) is 16.7 Å². The quantitative estimate of drug-likeness (QED) is 0.617. The zero-order chi connectivity index (χ0) is 22.8. The highest BCUT2D eigenvalue weighted by Crippen LogP contribution is 2.34. The lowest BCUT2D eigenvalue weighted by atomic mass is 10.0. The first-order valence-corrected chi connectivity index (χ1v) is 11.5. The minimum Gasteiger partial charge on any atom is -0.378 e. The van der Waals surface area contributed by atoms with Gasteiger partial charge in [0.15, 0.2) is 5.82 Å². The van der Waals surface area contributed by atoms with Gasteiger partial charge < -0.3 is 15.0 Å². The van der Waals surface area contributed by atoms with Crippen LogP contribution in [0.4, 0.5) is 5.69 Å². The van der Waals surface area contributed by atoms with E-state index in [0.29, 0.717) is 11.5 Å². The lowest BCUT2D eigenvalue weighted by Gasteiger charge is -2.29. The monoisotopic (exact) mass is 439 g/mol. The minimum absolute atomic E-state index is 0.120. The first kappa shape index (κ1) is 21.3. The highest BCUT2D eigenvalue weighted by molar-refractivity contribution is 5.84. The molecule has 0 saturated carbocycles. The summed E-state index contributed by atoms with van der Waals surface area (Å²) in [5, 5.41) is 3.43. The van der Waals surface area contributed by atoms with Crippen molar-refractivity contribution in [3.8, 4) is 0 Å². The van der Waals surface area contributed by atoms with Gasteiger partial charge in [0.25, 0.3) is 0 Å². The van der Waals surface area contributed by atoms with E-state index in [9.17, 15) is 0 Å². The zero-order valence-electron chi connectivity index (χ0n) is 19.2. The molecule has 1 aliphatic carbocycles. The van der Waals surface area contributed by atoms with Gasteiger partial charge in [-0.2, -0.15) is 0 Å². The Bertz CT molecular complexity index is 1200. The van der Waals surface area contributed by atoms with Crippen LogP contribution in [0.3, 0.4) is 0 Å². The van der Waals surface area contributed by atoms with E-state index in [1.54, 1.807) is 0 Å². The Morgan fingerprint density at radius 2 is 1.88 bits per heavy atom. The molecule has 2 aliphatic rings. The molecule has 1 aromatic carbocycles. The van der Waals surface area contributed by atoms with Gasteiger partial charge in [0.05, 0.1) is 36.5 Å². The molecular formula is C27H29N5O. The van der Waals surface area contributed by atoms with Gasteiger partial charge in [0.2, 0.25) is 0 Å². The molecule has 3 heterocycles. The fourth-order valence-corrected chi connectivity index (χ4v) is 4.43. The van der Waals surface area contributed by atoms with Crippen LogP contribution >= 0.6 is 0 Å². The molecule has 0 spiro atoms. The average molecular weight is 440 g/mol. The number of nitrogens with zero attached hydrogens (tertiary/aromatic N) is 4. The number of ether oxygens (including phenoxy) is 1. The number of nitrogens with one attached hydrogen (secondary N) is 1. The standard InChI is InChI=1S/C27H29N5O/c1-18-5-4-6-21(13-18)19(2)31-20(3)27-29-15-22(16-30-27)24-7-8-26-25(24)14-23(17-28-26)32-9-11-33-12-10-32/h4-7,13-17,19,31H,3,8-12H2,1-2H3/t19-/m0/s1. The molecule has 0 bridgehead atoms. The summed E-state index contributed by atoms with van der Waals surface area (Å²) in [5.74, 6) is 0.609. The van der Waals surface area contributed by atoms with Crippen molar-refractivity contribution in [2.75, 3.05) is 31.2 Å². The van der Waals surface area contributed by atoms with Crippen LogP contribution in [0.25, 0.3) is 11.3 Å². The molecule has 0 radical (unpaired) electrons. The number of hydrogen-bond donors (Lipinski definition) is 1. The molecule has 1 fully saturated rings. The lowest BCUT2D eigenvalue weighted by Crippen LogP contribution is -2.36. The molecule has 6 heteroatoms. The largest absolute Gasteiger partial charge is 0.378 e. The molecule has 33 heavy (non-hydrogen) atoms. The van der Waals surface area contributed by atoms with Crippen molar-refractivity contribution >= 4 is 17.0 Å². The Hall–Kier alpha value is -3.51. The summed E-state index contributed by atoms with van der Waals surface area (Å²) in [4.78, 5) is 16.3. The van der Waals surface area contributed by atoms with Crippen molar-refractivity contribution in [1.29, 1.82) is 0 Å². The van der Waals surface area contributed by atoms with Crippen molar-refractivity contribution in [3.05, 3.63) is 95.3 Å². The first-order chi connectivity index (χ1) is 16.1. The normalized spacial score (nSPS) is 16.2. The summed E-state index contributed by atoms with van der Waals surface area (Å²) >= 11 is 0. The molecule has 6 nitrogen and oxygen atoms in total. The van der Waals surface area contributed by atoms with Crippen LogP contribution in [0.1, 0.15) is 46.7 Å². The Labute approximate surface area is 195 Å². The molecule has 1 atom stereocenters. The van der Waals surface area contributed by atoms with Crippen molar-refractivity contribution < 1.29 is 4.74 Å². The summed E-state index contributed by atoms with van der Waals surface area (Å²) < 4.78 is 5.49. The fourth-order valence-electron chi connectivity index (χ4n) is 4.43. The van der Waals surface area contributed by atoms with E-state index >= 15 is 0 Å². The SMILES string of the molecule is C=C(N[C@@H](C)c1cccc(C)c1)c1ncc(C2=CCc3ncc(N4CCOCC4)cc32)cn1. The van der Waals surface area contributed by atoms with Crippen LogP contribution in [0.5, 0.6) is 0 Å². The van der Waals surface area contributed by atoms with Gasteiger partial charge in [0.1, 0.15) is 0 Å². The second kappa shape index (κ2) is 9.16. The second-order valence-electron chi connectivity index (χ2n) is 8.66. The summed E-state index contributed by atoms with van der Waals surface area (Å²) in [7, 11) is 0. The Kier molecular flexibility index (Phi) is 5.92. The second-order valence-corrected chi connectivity index (χ2v) is 8.66. The molecule has 3 aromatic rings. The number of allylic oxidation sites excluding steroid dienone is 1. The van der Waals surface area contributed by atoms with Crippen LogP contribution in [0.15, 0.2) is 61.6 Å². The molecular weight excluding hydrogens is 410 g/mol. The Morgan fingerprint density at radius 3 is 2.64 bits per heavy atom. The van der Waals surface area contributed by atoms with E-state index in [-0.39, 0.29) is 6.04 Å². The number of hydrogen-bond acceptors (Lipinski definition) is 6. The van der Waals surface area contributed by atoms with E-state index in [2.05, 4.69) is 77.0 Å². The van der Waals surface area contributed by atoms with Crippen LogP contribution in [0, 0.1) is 6.92 Å². The summed E-state index contributed by atoms with van der Waals surface area (Å²) in [6.45, 7) is 11.7. The van der Waals surface area contributed by atoms with Crippen molar-refractivity contribution in [2.45, 2.75) is 26.3 Å². The third kappa shape index (κ3) is 4.52. The molecule has 2 aromatic heterocycles. The number of anilines is 1. The summed E-state index contributed by atoms with van der Waals surface area (Å²) in [6.07, 6.45) is 8.79. The molecule has 5 rings (SSSR count). The molecule has 1 saturated heterocycles. The van der Waals surface area contributed by atoms with Gasteiger partial charge in [-0.25, -0.2) is 9.97 Å². The van der Waals surface area contributed by atoms with Crippen LogP contribution in [-0.2, 0) is 11.2 Å². The van der Waals surface area contributed by atoms with Crippen molar-refractivity contribution in [2.24, 2.45) is 0 Å². The molecule has 0 unspecified atom stereocenters. The highest BCUT2D eigenvalue weighted by Gasteiger charge is 2.21. The predicted molar refractivity (Wildman–Crippen MR) is 132 cm³/mol. The van der Waals surface area contributed by atoms with E-state index < -0.39 is 0 Å². The fraction of sp³-hybridized carbons (Fsp3) is 0.296. The van der Waals surface area contributed by atoms with Crippen molar-refractivity contribution in [3.63, 3.8) is 0 Å². The van der Waals surface area contributed by atoms with Crippen LogP contribution in [0.2, 0.25) is 0 Å². The first-order valence-electron chi connectivity index (χ1n) is 11.5. The lowest BCUT2D eigenvalue weighted by molar-refractivity contribution is 0.122. The number of morpholine rings is 1. The third-order valence-electron chi connectivity index (χ3n) is 6.29. The maximum atomic E-state index is 5.49. The molecule has 1 N–H and O–H groups in total. The van der Waals surface area contributed by atoms with Gasteiger partial charge in [0, 0.05) is 49.1 Å². The Morgan fingerprint density at radius 1 is 1.09 bits per heavy atom. The van der Waals surface area contributed by atoms with Crippen LogP contribution < -0.4 is 10.2 Å². The number of rotatable bonds is 6. The van der Waals surface area contributed by atoms with Gasteiger partial charge in [-0.1, -0.05) is 42.5 Å². The average Bonchev–Trinajstić information content (AvgIpc) is 3.28. The number of fused-ring (bicyclic) bond motifs is 1. The maximum Gasteiger partial charge on any atom is 0.174 e. The van der Waals surface area contributed by atoms with Gasteiger partial charge in [-0.15, -0.1) is 0 Å². The summed E-state index contributed by atoms with van der Waals surface area (Å²) in [6, 6.07) is 10.8. The topological polar surface area (TPSA) is 63.2 Å². The molecule has 168 valence electrons. The van der Waals surface area contributed by atoms with Gasteiger partial charge in [-0.05, 0) is 31.1 Å². The smallest absolute Gasteiger partial charge is 0.174 e. The van der Waals surface area contributed by atoms with Crippen LogP contribution in [-0.4, -0.2) is 41.3 Å². The van der Waals surface area contributed by atoms with Crippen molar-refractivity contribution in [1.82, 2.24) is 20.3 Å². The van der Waals surface area contributed by atoms with E-state index in [4.69, 9.17) is 9.72 Å². The van der Waals surface area contributed by atoms with E-state index in [1.807, 2.05) is 18.6 Å². The zero-order valence-corrected chi connectivity index (χ0v) is 19.2. The molecule has 0 amide bonds. The highest BCUT2D eigenvalue weighted by atomic mass is 16.5. The number of pyridine rings is 1. The summed E-state index contributed by atoms with van der Waals surface area (Å²) in [5.41, 5.74) is 8.72. The molecule has 1 aliphatic heterocycles. The minimum atomic E-state index is 0.120. The number of aromatic nitrogens is 3. The van der Waals surface area contributed by atoms with Gasteiger partial charge >= 0.3 is 0 Å². The third-order valence-corrected chi connectivity index (χ3v) is 6.29. The Balaban J connectivity index is 1.31. The van der Waals surface area contributed by atoms with E-state index in [0.717, 1.165) is 55.2 Å². The van der Waals surface area contributed by atoms with Gasteiger partial charge in [-0.3, -0.25) is 4.98 Å². The number of aryl methyl sites for hydroxylation is 1.